The van der Waals surface area contributed by atoms with Gasteiger partial charge in [-0.3, -0.25) is 24.1 Å². The van der Waals surface area contributed by atoms with Gasteiger partial charge in [-0.1, -0.05) is 30.3 Å². The fourth-order valence-corrected chi connectivity index (χ4v) is 4.43. The molecule has 198 valence electrons. The van der Waals surface area contributed by atoms with Crippen molar-refractivity contribution in [2.24, 2.45) is 0 Å². The van der Waals surface area contributed by atoms with E-state index in [4.69, 9.17) is 11.6 Å². The highest BCUT2D eigenvalue weighted by Crippen LogP contribution is 2.36. The molecule has 1 fully saturated rings. The summed E-state index contributed by atoms with van der Waals surface area (Å²) in [6, 6.07) is 8.88. The lowest BCUT2D eigenvalue weighted by Gasteiger charge is -2.29. The Morgan fingerprint density at radius 1 is 1.13 bits per heavy atom. The van der Waals surface area contributed by atoms with Crippen molar-refractivity contribution in [1.82, 2.24) is 10.2 Å². The van der Waals surface area contributed by atoms with Gasteiger partial charge in [0, 0.05) is 29.6 Å². The number of carbonyl (C=O) groups is 4. The van der Waals surface area contributed by atoms with E-state index in [1.54, 1.807) is 24.3 Å². The maximum Gasteiger partial charge on any atom is 0.417 e. The predicted molar refractivity (Wildman–Crippen MR) is 134 cm³/mol. The number of nitrogens with one attached hydrogen (secondary N) is 3. The summed E-state index contributed by atoms with van der Waals surface area (Å²) in [5, 5.41) is 7.46. The van der Waals surface area contributed by atoms with Crippen molar-refractivity contribution < 1.29 is 32.3 Å². The van der Waals surface area contributed by atoms with E-state index in [1.807, 2.05) is 0 Å². The van der Waals surface area contributed by atoms with Crippen LogP contribution in [0.2, 0.25) is 5.02 Å². The second kappa shape index (κ2) is 10.7. The molecule has 0 radical (unpaired) electrons. The Morgan fingerprint density at radius 3 is 2.58 bits per heavy atom. The maximum absolute atomic E-state index is 12.9. The summed E-state index contributed by atoms with van der Waals surface area (Å²) in [5.74, 6) is -2.11. The number of alkyl halides is 3. The van der Waals surface area contributed by atoms with Gasteiger partial charge in [0.2, 0.25) is 11.8 Å². The van der Waals surface area contributed by atoms with E-state index < -0.39 is 46.4 Å². The van der Waals surface area contributed by atoms with Crippen LogP contribution in [0.5, 0.6) is 0 Å². The third-order valence-corrected chi connectivity index (χ3v) is 6.31. The first kappa shape index (κ1) is 26.9. The molecular formula is C26H22ClF3N4O4. The molecule has 1 saturated heterocycles. The molecule has 38 heavy (non-hydrogen) atoms. The topological polar surface area (TPSA) is 108 Å². The zero-order valence-electron chi connectivity index (χ0n) is 19.8. The standard InChI is InChI=1S/C26H22ClF3N4O4/c1-14-5-9-21(24(37)31-14)34-23(36)13-20(25(34)38)32-16-4-2-3-15(11-16)6-10-22(35)33-17-7-8-18(19(27)12-17)26(28,29)30/h2-4,7-8,11-13,21,32H,1,5-6,9-10H2,(H,31,37)(H,33,35). The second-order valence-electron chi connectivity index (χ2n) is 8.78. The maximum atomic E-state index is 12.9. The molecular weight excluding hydrogens is 525 g/mol. The van der Waals surface area contributed by atoms with Crippen LogP contribution in [0, 0.1) is 0 Å². The van der Waals surface area contributed by atoms with Crippen molar-refractivity contribution in [2.75, 3.05) is 10.6 Å². The molecule has 12 heteroatoms. The van der Waals surface area contributed by atoms with Crippen LogP contribution in [0.3, 0.4) is 0 Å². The Morgan fingerprint density at radius 2 is 1.89 bits per heavy atom. The first-order valence-corrected chi connectivity index (χ1v) is 11.9. The number of imide groups is 1. The zero-order chi connectivity index (χ0) is 27.6. The summed E-state index contributed by atoms with van der Waals surface area (Å²) >= 11 is 5.69. The van der Waals surface area contributed by atoms with Crippen LogP contribution < -0.4 is 16.0 Å². The van der Waals surface area contributed by atoms with Crippen molar-refractivity contribution in [1.29, 1.82) is 0 Å². The highest BCUT2D eigenvalue weighted by Gasteiger charge is 2.41. The largest absolute Gasteiger partial charge is 0.417 e. The molecule has 0 aromatic heterocycles. The third-order valence-electron chi connectivity index (χ3n) is 5.99. The number of hydrogen-bond donors (Lipinski definition) is 3. The monoisotopic (exact) mass is 546 g/mol. The summed E-state index contributed by atoms with van der Waals surface area (Å²) in [5.41, 5.74) is 0.921. The van der Waals surface area contributed by atoms with E-state index in [0.29, 0.717) is 30.6 Å². The molecule has 2 aromatic rings. The molecule has 0 aliphatic carbocycles. The summed E-state index contributed by atoms with van der Waals surface area (Å²) in [7, 11) is 0. The first-order chi connectivity index (χ1) is 17.9. The Balaban J connectivity index is 1.34. The van der Waals surface area contributed by atoms with Crippen molar-refractivity contribution in [3.8, 4) is 0 Å². The highest BCUT2D eigenvalue weighted by molar-refractivity contribution is 6.31. The summed E-state index contributed by atoms with van der Waals surface area (Å²) in [6.45, 7) is 3.69. The number of carbonyl (C=O) groups excluding carboxylic acids is 4. The van der Waals surface area contributed by atoms with Gasteiger partial charge < -0.3 is 16.0 Å². The molecule has 4 amide bonds. The number of anilines is 2. The van der Waals surface area contributed by atoms with Gasteiger partial charge in [-0.2, -0.15) is 13.2 Å². The number of allylic oxidation sites excluding steroid dienone is 1. The Labute approximate surface area is 220 Å². The van der Waals surface area contributed by atoms with Gasteiger partial charge in [0.15, 0.2) is 0 Å². The molecule has 1 atom stereocenters. The fraction of sp³-hybridized carbons (Fsp3) is 0.231. The average molecular weight is 547 g/mol. The molecule has 3 N–H and O–H groups in total. The SMILES string of the molecule is C=C1CCC(N2C(=O)C=C(Nc3cccc(CCC(=O)Nc4ccc(C(F)(F)F)c(Cl)c4)c3)C2=O)C(=O)N1. The third kappa shape index (κ3) is 6.05. The number of hydrogen-bond acceptors (Lipinski definition) is 5. The lowest BCUT2D eigenvalue weighted by molar-refractivity contribution is -0.146. The zero-order valence-corrected chi connectivity index (χ0v) is 20.6. The molecule has 2 aliphatic rings. The number of benzene rings is 2. The lowest BCUT2D eigenvalue weighted by Crippen LogP contribution is -2.52. The molecule has 1 unspecified atom stereocenters. The van der Waals surface area contributed by atoms with E-state index in [9.17, 15) is 32.3 Å². The van der Waals surface area contributed by atoms with Gasteiger partial charge in [-0.25, -0.2) is 0 Å². The van der Waals surface area contributed by atoms with Crippen molar-refractivity contribution in [3.63, 3.8) is 0 Å². The first-order valence-electron chi connectivity index (χ1n) is 11.5. The van der Waals surface area contributed by atoms with Crippen molar-refractivity contribution >= 4 is 46.6 Å². The number of aryl methyl sites for hydroxylation is 1. The van der Waals surface area contributed by atoms with Crippen molar-refractivity contribution in [2.45, 2.75) is 37.9 Å². The number of nitrogens with zero attached hydrogens (tertiary/aromatic N) is 1. The van der Waals surface area contributed by atoms with Crippen molar-refractivity contribution in [3.05, 3.63) is 82.7 Å². The number of piperidine rings is 1. The molecule has 4 rings (SSSR count). The van der Waals surface area contributed by atoms with Gasteiger partial charge in [0.25, 0.3) is 11.8 Å². The Bertz CT molecular complexity index is 1370. The smallest absolute Gasteiger partial charge is 0.351 e. The van der Waals surface area contributed by atoms with Crippen LogP contribution in [0.15, 0.2) is 66.5 Å². The molecule has 2 heterocycles. The van der Waals surface area contributed by atoms with Gasteiger partial charge in [0.1, 0.15) is 11.7 Å². The molecule has 2 aromatic carbocycles. The Kier molecular flexibility index (Phi) is 7.58. The molecule has 2 aliphatic heterocycles. The van der Waals surface area contributed by atoms with Crippen LogP contribution in [0.1, 0.15) is 30.4 Å². The molecule has 8 nitrogen and oxygen atoms in total. The van der Waals surface area contributed by atoms with Gasteiger partial charge in [-0.05, 0) is 55.2 Å². The Hall–Kier alpha value is -4.12. The second-order valence-corrected chi connectivity index (χ2v) is 9.19. The summed E-state index contributed by atoms with van der Waals surface area (Å²) in [6.07, 6.45) is -2.40. The van der Waals surface area contributed by atoms with Crippen LogP contribution in [0.25, 0.3) is 0 Å². The van der Waals surface area contributed by atoms with Crippen LogP contribution >= 0.6 is 11.6 Å². The minimum atomic E-state index is -4.59. The number of rotatable bonds is 7. The van der Waals surface area contributed by atoms with E-state index in [0.717, 1.165) is 34.7 Å². The van der Waals surface area contributed by atoms with E-state index in [1.165, 1.54) is 0 Å². The van der Waals surface area contributed by atoms with E-state index >= 15 is 0 Å². The quantitative estimate of drug-likeness (QED) is 0.447. The average Bonchev–Trinajstić information content (AvgIpc) is 3.10. The minimum Gasteiger partial charge on any atom is -0.351 e. The lowest BCUT2D eigenvalue weighted by atomic mass is 10.0. The molecule has 0 saturated carbocycles. The fourth-order valence-electron chi connectivity index (χ4n) is 4.14. The van der Waals surface area contributed by atoms with Gasteiger partial charge in [0.05, 0.1) is 10.6 Å². The summed E-state index contributed by atoms with van der Waals surface area (Å²) in [4.78, 5) is 50.9. The normalized spacial score (nSPS) is 17.8. The van der Waals surface area contributed by atoms with Gasteiger partial charge in [-0.15, -0.1) is 0 Å². The molecule has 0 bridgehead atoms. The molecule has 0 spiro atoms. The predicted octanol–water partition coefficient (Wildman–Crippen LogP) is 4.39. The van der Waals surface area contributed by atoms with Crippen LogP contribution in [-0.4, -0.2) is 34.6 Å². The van der Waals surface area contributed by atoms with E-state index in [2.05, 4.69) is 22.5 Å². The number of amides is 4. The van der Waals surface area contributed by atoms with Crippen LogP contribution in [-0.2, 0) is 31.8 Å². The highest BCUT2D eigenvalue weighted by atomic mass is 35.5. The van der Waals surface area contributed by atoms with Gasteiger partial charge >= 0.3 is 6.18 Å². The minimum absolute atomic E-state index is 0.0151. The van der Waals surface area contributed by atoms with Crippen LogP contribution in [0.4, 0.5) is 24.5 Å². The number of halogens is 4. The summed E-state index contributed by atoms with van der Waals surface area (Å²) < 4.78 is 38.5. The van der Waals surface area contributed by atoms with E-state index in [-0.39, 0.29) is 17.8 Å².